The van der Waals surface area contributed by atoms with Crippen LogP contribution in [0.25, 0.3) is 0 Å². The minimum absolute atomic E-state index is 0.144. The van der Waals surface area contributed by atoms with Crippen molar-refractivity contribution in [3.63, 3.8) is 0 Å². The van der Waals surface area contributed by atoms with Crippen LogP contribution < -0.4 is 5.32 Å². The summed E-state index contributed by atoms with van der Waals surface area (Å²) >= 11 is 0. The molecule has 5 nitrogen and oxygen atoms in total. The van der Waals surface area contributed by atoms with Crippen LogP contribution in [0.4, 0.5) is 0 Å². The minimum atomic E-state index is -0.854. The first-order valence-electron chi connectivity index (χ1n) is 5.75. The molecule has 1 heterocycles. The van der Waals surface area contributed by atoms with Crippen LogP contribution in [-0.2, 0) is 16.0 Å². The van der Waals surface area contributed by atoms with Gasteiger partial charge in [-0.3, -0.25) is 14.6 Å². The molecule has 0 saturated heterocycles. The van der Waals surface area contributed by atoms with E-state index >= 15 is 0 Å². The Morgan fingerprint density at radius 1 is 1.39 bits per heavy atom. The zero-order valence-corrected chi connectivity index (χ0v) is 9.74. The van der Waals surface area contributed by atoms with E-state index < -0.39 is 11.9 Å². The van der Waals surface area contributed by atoms with Gasteiger partial charge in [0.05, 0.1) is 12.3 Å². The van der Waals surface area contributed by atoms with Gasteiger partial charge in [0, 0.05) is 17.9 Å². The number of carboxylic acid groups (broad SMARTS) is 1. The number of hydrogen-bond acceptors (Lipinski definition) is 3. The Kier molecular flexibility index (Phi) is 3.72. The first-order chi connectivity index (χ1) is 8.65. The second-order valence-corrected chi connectivity index (χ2v) is 4.24. The highest BCUT2D eigenvalue weighted by atomic mass is 16.4. The number of nitrogens with one attached hydrogen (secondary N) is 1. The highest BCUT2D eigenvalue weighted by Gasteiger charge is 2.25. The molecule has 2 rings (SSSR count). The van der Waals surface area contributed by atoms with E-state index in [0.29, 0.717) is 12.1 Å². The molecule has 0 spiro atoms. The largest absolute Gasteiger partial charge is 0.481 e. The molecule has 0 aliphatic heterocycles. The van der Waals surface area contributed by atoms with E-state index in [1.165, 1.54) is 0 Å². The van der Waals surface area contributed by atoms with Crippen LogP contribution in [0, 0.1) is 5.92 Å². The number of carbonyl (C=O) groups excluding carboxylic acids is 1. The Morgan fingerprint density at radius 2 is 2.22 bits per heavy atom. The molecule has 0 bridgehead atoms. The molecular formula is C13H14N2O3. The second-order valence-electron chi connectivity index (χ2n) is 4.24. The van der Waals surface area contributed by atoms with Crippen molar-refractivity contribution in [2.75, 3.05) is 0 Å². The molecule has 2 N–H and O–H groups in total. The molecule has 2 atom stereocenters. The smallest absolute Gasteiger partial charge is 0.310 e. The zero-order chi connectivity index (χ0) is 13.0. The van der Waals surface area contributed by atoms with Crippen molar-refractivity contribution in [2.45, 2.75) is 18.9 Å². The average Bonchev–Trinajstić information content (AvgIpc) is 2.78. The summed E-state index contributed by atoms with van der Waals surface area (Å²) in [7, 11) is 0. The van der Waals surface area contributed by atoms with Crippen molar-refractivity contribution in [2.24, 2.45) is 5.92 Å². The van der Waals surface area contributed by atoms with Gasteiger partial charge in [0.2, 0.25) is 5.91 Å². The third-order valence-corrected chi connectivity index (χ3v) is 2.81. The number of rotatable bonds is 4. The standard InChI is InChI=1S/C13H14N2O3/c16-12(8-10-3-1-2-6-14-10)15-11-5-4-9(7-11)13(17)18/h1-6,9,11H,7-8H2,(H,15,16)(H,17,18). The number of hydrogen-bond donors (Lipinski definition) is 2. The number of amides is 1. The maximum atomic E-state index is 11.7. The lowest BCUT2D eigenvalue weighted by molar-refractivity contribution is -0.140. The summed E-state index contributed by atoms with van der Waals surface area (Å²) in [5.41, 5.74) is 0.701. The fourth-order valence-corrected chi connectivity index (χ4v) is 1.91. The number of aliphatic carboxylic acids is 1. The van der Waals surface area contributed by atoms with Crippen molar-refractivity contribution in [3.8, 4) is 0 Å². The van der Waals surface area contributed by atoms with Crippen LogP contribution >= 0.6 is 0 Å². The van der Waals surface area contributed by atoms with E-state index in [1.54, 1.807) is 30.5 Å². The molecule has 0 aromatic carbocycles. The molecule has 5 heteroatoms. The summed E-state index contributed by atoms with van der Waals surface area (Å²) in [6, 6.07) is 5.20. The fraction of sp³-hybridized carbons (Fsp3) is 0.308. The van der Waals surface area contributed by atoms with Gasteiger partial charge in [-0.05, 0) is 18.6 Å². The highest BCUT2D eigenvalue weighted by molar-refractivity contribution is 5.79. The van der Waals surface area contributed by atoms with Crippen LogP contribution in [0.3, 0.4) is 0 Å². The summed E-state index contributed by atoms with van der Waals surface area (Å²) in [4.78, 5) is 26.5. The number of nitrogens with zero attached hydrogens (tertiary/aromatic N) is 1. The summed E-state index contributed by atoms with van der Waals surface area (Å²) in [5, 5.41) is 11.6. The molecule has 1 amide bonds. The lowest BCUT2D eigenvalue weighted by Crippen LogP contribution is -2.34. The molecule has 1 aliphatic rings. The van der Waals surface area contributed by atoms with E-state index in [2.05, 4.69) is 10.3 Å². The van der Waals surface area contributed by atoms with Gasteiger partial charge >= 0.3 is 5.97 Å². The quantitative estimate of drug-likeness (QED) is 0.769. The van der Waals surface area contributed by atoms with Gasteiger partial charge in [0.1, 0.15) is 0 Å². The fourth-order valence-electron chi connectivity index (χ4n) is 1.91. The van der Waals surface area contributed by atoms with Crippen molar-refractivity contribution in [1.82, 2.24) is 10.3 Å². The van der Waals surface area contributed by atoms with Gasteiger partial charge in [-0.2, -0.15) is 0 Å². The minimum Gasteiger partial charge on any atom is -0.481 e. The molecule has 1 aliphatic carbocycles. The Balaban J connectivity index is 1.83. The average molecular weight is 246 g/mol. The SMILES string of the molecule is O=C(Cc1ccccn1)NC1C=CC(C(=O)O)C1. The lowest BCUT2D eigenvalue weighted by atomic mass is 10.1. The van der Waals surface area contributed by atoms with Crippen LogP contribution in [0.1, 0.15) is 12.1 Å². The number of carboxylic acids is 1. The molecule has 2 unspecified atom stereocenters. The van der Waals surface area contributed by atoms with Crippen molar-refractivity contribution >= 4 is 11.9 Å². The normalized spacial score (nSPS) is 21.8. The van der Waals surface area contributed by atoms with Crippen LogP contribution in [-0.4, -0.2) is 28.0 Å². The van der Waals surface area contributed by atoms with Crippen LogP contribution in [0.15, 0.2) is 36.5 Å². The van der Waals surface area contributed by atoms with Gasteiger partial charge < -0.3 is 10.4 Å². The first kappa shape index (κ1) is 12.3. The Bertz CT molecular complexity index is 470. The van der Waals surface area contributed by atoms with Crippen LogP contribution in [0.2, 0.25) is 0 Å². The summed E-state index contributed by atoms with van der Waals surface area (Å²) in [5.74, 6) is -1.49. The van der Waals surface area contributed by atoms with E-state index in [-0.39, 0.29) is 18.4 Å². The van der Waals surface area contributed by atoms with Gasteiger partial charge in [0.15, 0.2) is 0 Å². The molecule has 0 saturated carbocycles. The lowest BCUT2D eigenvalue weighted by Gasteiger charge is -2.11. The molecule has 1 aromatic rings. The summed E-state index contributed by atoms with van der Waals surface area (Å²) in [6.45, 7) is 0. The Hall–Kier alpha value is -2.17. The molecule has 0 fully saturated rings. The van der Waals surface area contributed by atoms with Gasteiger partial charge in [0.25, 0.3) is 0 Å². The van der Waals surface area contributed by atoms with E-state index in [4.69, 9.17) is 5.11 Å². The summed E-state index contributed by atoms with van der Waals surface area (Å²) < 4.78 is 0. The molecule has 18 heavy (non-hydrogen) atoms. The Labute approximate surface area is 105 Å². The van der Waals surface area contributed by atoms with E-state index in [0.717, 1.165) is 0 Å². The maximum Gasteiger partial charge on any atom is 0.310 e. The zero-order valence-electron chi connectivity index (χ0n) is 9.74. The van der Waals surface area contributed by atoms with Crippen LogP contribution in [0.5, 0.6) is 0 Å². The monoisotopic (exact) mass is 246 g/mol. The predicted octanol–water partition coefficient (Wildman–Crippen LogP) is 0.770. The van der Waals surface area contributed by atoms with Gasteiger partial charge in [-0.1, -0.05) is 18.2 Å². The van der Waals surface area contributed by atoms with Gasteiger partial charge in [-0.15, -0.1) is 0 Å². The third kappa shape index (κ3) is 3.16. The third-order valence-electron chi connectivity index (χ3n) is 2.81. The second kappa shape index (κ2) is 5.44. The topological polar surface area (TPSA) is 79.3 Å². The van der Waals surface area contributed by atoms with Gasteiger partial charge in [-0.25, -0.2) is 0 Å². The number of pyridine rings is 1. The molecule has 1 aromatic heterocycles. The van der Waals surface area contributed by atoms with E-state index in [1.807, 2.05) is 6.07 Å². The predicted molar refractivity (Wildman–Crippen MR) is 64.8 cm³/mol. The van der Waals surface area contributed by atoms with Crippen molar-refractivity contribution in [1.29, 1.82) is 0 Å². The highest BCUT2D eigenvalue weighted by Crippen LogP contribution is 2.17. The summed E-state index contributed by atoms with van der Waals surface area (Å²) in [6.07, 6.45) is 5.62. The number of aromatic nitrogens is 1. The van der Waals surface area contributed by atoms with E-state index in [9.17, 15) is 9.59 Å². The van der Waals surface area contributed by atoms with Crippen molar-refractivity contribution in [3.05, 3.63) is 42.2 Å². The molecular weight excluding hydrogens is 232 g/mol. The molecule has 0 radical (unpaired) electrons. The maximum absolute atomic E-state index is 11.7. The number of carbonyl (C=O) groups is 2. The molecule has 94 valence electrons. The first-order valence-corrected chi connectivity index (χ1v) is 5.75. The Morgan fingerprint density at radius 3 is 2.83 bits per heavy atom. The van der Waals surface area contributed by atoms with Crippen molar-refractivity contribution < 1.29 is 14.7 Å².